The van der Waals surface area contributed by atoms with E-state index in [1.165, 1.54) is 18.2 Å². The maximum Gasteiger partial charge on any atom is 0.242 e. The van der Waals surface area contributed by atoms with E-state index in [4.69, 9.17) is 11.0 Å². The smallest absolute Gasteiger partial charge is 0.242 e. The zero-order chi connectivity index (χ0) is 15.3. The quantitative estimate of drug-likeness (QED) is 0.755. The van der Waals surface area contributed by atoms with Crippen LogP contribution in [0.5, 0.6) is 0 Å². The molecule has 0 aliphatic rings. The molecule has 0 saturated carbocycles. The predicted octanol–water partition coefficient (Wildman–Crippen LogP) is 0.759. The first kappa shape index (κ1) is 16.4. The van der Waals surface area contributed by atoms with Crippen molar-refractivity contribution in [3.63, 3.8) is 0 Å². The van der Waals surface area contributed by atoms with Gasteiger partial charge in [-0.3, -0.25) is 0 Å². The van der Waals surface area contributed by atoms with Crippen LogP contribution in [0.2, 0.25) is 0 Å². The van der Waals surface area contributed by atoms with Crippen LogP contribution in [0.1, 0.15) is 18.9 Å². The Morgan fingerprint density at radius 1 is 1.45 bits per heavy atom. The van der Waals surface area contributed by atoms with Crippen LogP contribution in [0.25, 0.3) is 0 Å². The molecule has 0 spiro atoms. The molecule has 110 valence electrons. The van der Waals surface area contributed by atoms with Crippen molar-refractivity contribution in [1.82, 2.24) is 9.62 Å². The lowest BCUT2D eigenvalue weighted by Crippen LogP contribution is -2.35. The molecule has 0 heterocycles. The van der Waals surface area contributed by atoms with Crippen LogP contribution in [0.3, 0.4) is 0 Å². The third kappa shape index (κ3) is 4.49. The van der Waals surface area contributed by atoms with Gasteiger partial charge in [0.1, 0.15) is 6.07 Å². The van der Waals surface area contributed by atoms with Gasteiger partial charge in [0.05, 0.1) is 10.5 Å². The molecule has 1 rings (SSSR count). The average molecular weight is 296 g/mol. The summed E-state index contributed by atoms with van der Waals surface area (Å²) in [6.45, 7) is 2.57. The van der Waals surface area contributed by atoms with E-state index >= 15 is 0 Å². The molecule has 1 aromatic rings. The van der Waals surface area contributed by atoms with Gasteiger partial charge in [-0.2, -0.15) is 5.26 Å². The lowest BCUT2D eigenvalue weighted by atomic mass is 10.2. The fourth-order valence-corrected chi connectivity index (χ4v) is 3.12. The molecule has 0 aliphatic carbocycles. The van der Waals surface area contributed by atoms with Gasteiger partial charge in [0.2, 0.25) is 10.0 Å². The van der Waals surface area contributed by atoms with Gasteiger partial charge >= 0.3 is 0 Å². The number of nitriles is 1. The Morgan fingerprint density at radius 2 is 2.10 bits per heavy atom. The summed E-state index contributed by atoms with van der Waals surface area (Å²) in [6.07, 6.45) is 0.684. The third-order valence-electron chi connectivity index (χ3n) is 2.78. The molecule has 1 atom stereocenters. The number of nitrogens with zero attached hydrogens (tertiary/aromatic N) is 2. The Balaban J connectivity index is 2.92. The molecule has 6 nitrogen and oxygen atoms in total. The Bertz CT molecular complexity index is 605. The summed E-state index contributed by atoms with van der Waals surface area (Å²) >= 11 is 0. The van der Waals surface area contributed by atoms with E-state index in [-0.39, 0.29) is 16.5 Å². The largest absolute Gasteiger partial charge is 0.399 e. The number of rotatable bonds is 6. The minimum Gasteiger partial charge on any atom is -0.399 e. The second kappa shape index (κ2) is 6.70. The van der Waals surface area contributed by atoms with E-state index in [9.17, 15) is 8.42 Å². The molecule has 0 bridgehead atoms. The number of anilines is 1. The molecule has 0 saturated heterocycles. The number of hydrogen-bond acceptors (Lipinski definition) is 5. The van der Waals surface area contributed by atoms with Crippen LogP contribution in [-0.2, 0) is 10.0 Å². The maximum atomic E-state index is 12.3. The van der Waals surface area contributed by atoms with Crippen molar-refractivity contribution in [2.45, 2.75) is 24.3 Å². The molecule has 1 aromatic carbocycles. The number of sulfonamides is 1. The lowest BCUT2D eigenvalue weighted by molar-refractivity contribution is 0.379. The average Bonchev–Trinajstić information content (AvgIpc) is 2.35. The van der Waals surface area contributed by atoms with Crippen LogP contribution in [-0.4, -0.2) is 40.0 Å². The van der Waals surface area contributed by atoms with Crippen molar-refractivity contribution >= 4 is 15.7 Å². The van der Waals surface area contributed by atoms with Gasteiger partial charge in [0.15, 0.2) is 0 Å². The highest BCUT2D eigenvalue weighted by molar-refractivity contribution is 7.89. The Morgan fingerprint density at radius 3 is 2.65 bits per heavy atom. The first-order valence-corrected chi connectivity index (χ1v) is 7.71. The topological polar surface area (TPSA) is 99.2 Å². The summed E-state index contributed by atoms with van der Waals surface area (Å²) in [7, 11) is 0.138. The first-order valence-electron chi connectivity index (χ1n) is 6.23. The van der Waals surface area contributed by atoms with Crippen molar-refractivity contribution in [2.75, 3.05) is 26.4 Å². The summed E-state index contributed by atoms with van der Waals surface area (Å²) < 4.78 is 27.1. The van der Waals surface area contributed by atoms with Crippen molar-refractivity contribution in [3.8, 4) is 6.07 Å². The van der Waals surface area contributed by atoms with E-state index in [1.807, 2.05) is 25.1 Å². The van der Waals surface area contributed by atoms with E-state index in [2.05, 4.69) is 4.72 Å². The summed E-state index contributed by atoms with van der Waals surface area (Å²) in [4.78, 5) is 1.94. The second-order valence-electron chi connectivity index (χ2n) is 4.98. The van der Waals surface area contributed by atoms with Gasteiger partial charge < -0.3 is 10.6 Å². The van der Waals surface area contributed by atoms with Crippen molar-refractivity contribution in [2.24, 2.45) is 0 Å². The normalized spacial score (nSPS) is 13.2. The molecular weight excluding hydrogens is 276 g/mol. The van der Waals surface area contributed by atoms with Gasteiger partial charge in [0, 0.05) is 11.7 Å². The highest BCUT2D eigenvalue weighted by atomic mass is 32.2. The highest BCUT2D eigenvalue weighted by Gasteiger charge is 2.21. The molecule has 0 aliphatic heterocycles. The number of hydrogen-bond donors (Lipinski definition) is 2. The van der Waals surface area contributed by atoms with Gasteiger partial charge in [-0.25, -0.2) is 13.1 Å². The first-order chi connectivity index (χ1) is 9.26. The van der Waals surface area contributed by atoms with Crippen LogP contribution < -0.4 is 10.5 Å². The molecule has 0 radical (unpaired) electrons. The number of nitrogen functional groups attached to an aromatic ring is 1. The molecule has 7 heteroatoms. The number of nitrogens with one attached hydrogen (secondary N) is 1. The van der Waals surface area contributed by atoms with Gasteiger partial charge in [-0.05, 0) is 52.2 Å². The third-order valence-corrected chi connectivity index (χ3v) is 4.43. The van der Waals surface area contributed by atoms with E-state index in [0.29, 0.717) is 12.1 Å². The molecule has 0 amide bonds. The molecule has 0 aromatic heterocycles. The molecule has 3 N–H and O–H groups in total. The second-order valence-corrected chi connectivity index (χ2v) is 6.66. The molecule has 20 heavy (non-hydrogen) atoms. The fourth-order valence-electron chi connectivity index (χ4n) is 1.71. The van der Waals surface area contributed by atoms with Crippen LogP contribution in [0, 0.1) is 11.3 Å². The number of nitrogens with two attached hydrogens (primary N) is 1. The van der Waals surface area contributed by atoms with Crippen molar-refractivity contribution in [1.29, 1.82) is 5.26 Å². The van der Waals surface area contributed by atoms with Gasteiger partial charge in [-0.1, -0.05) is 0 Å². The van der Waals surface area contributed by atoms with Crippen LogP contribution >= 0.6 is 0 Å². The van der Waals surface area contributed by atoms with Crippen LogP contribution in [0.15, 0.2) is 23.1 Å². The predicted molar refractivity (Wildman–Crippen MR) is 78.5 cm³/mol. The zero-order valence-corrected chi connectivity index (χ0v) is 12.7. The van der Waals surface area contributed by atoms with E-state index < -0.39 is 10.0 Å². The summed E-state index contributed by atoms with van der Waals surface area (Å²) in [5.41, 5.74) is 5.97. The SMILES string of the molecule is CC(CCN(C)C)NS(=O)(=O)c1ccc(N)cc1C#N. The standard InChI is InChI=1S/C13H20N4O2S/c1-10(6-7-17(2)3)16-20(18,19)13-5-4-12(15)8-11(13)9-14/h4-5,8,10,16H,6-7,15H2,1-3H3. The van der Waals surface area contributed by atoms with Crippen LogP contribution in [0.4, 0.5) is 5.69 Å². The zero-order valence-electron chi connectivity index (χ0n) is 11.9. The van der Waals surface area contributed by atoms with Crippen molar-refractivity contribution < 1.29 is 8.42 Å². The lowest BCUT2D eigenvalue weighted by Gasteiger charge is -2.17. The summed E-state index contributed by atoms with van der Waals surface area (Å²) in [5.74, 6) is 0. The monoisotopic (exact) mass is 296 g/mol. The van der Waals surface area contributed by atoms with E-state index in [0.717, 1.165) is 6.54 Å². The van der Waals surface area contributed by atoms with Gasteiger partial charge in [0.25, 0.3) is 0 Å². The Hall–Kier alpha value is -1.62. The van der Waals surface area contributed by atoms with Gasteiger partial charge in [-0.15, -0.1) is 0 Å². The summed E-state index contributed by atoms with van der Waals surface area (Å²) in [6, 6.07) is 5.83. The maximum absolute atomic E-state index is 12.3. The Labute approximate surface area is 120 Å². The van der Waals surface area contributed by atoms with E-state index in [1.54, 1.807) is 6.92 Å². The minimum absolute atomic E-state index is 0.0362. The minimum atomic E-state index is -3.71. The summed E-state index contributed by atoms with van der Waals surface area (Å²) in [5, 5.41) is 9.01. The molecule has 1 unspecified atom stereocenters. The van der Waals surface area contributed by atoms with Crippen molar-refractivity contribution in [3.05, 3.63) is 23.8 Å². The Kier molecular flexibility index (Phi) is 5.51. The fraction of sp³-hybridized carbons (Fsp3) is 0.462. The molecule has 0 fully saturated rings. The molecular formula is C13H20N4O2S. The number of benzene rings is 1. The highest BCUT2D eigenvalue weighted by Crippen LogP contribution is 2.18.